The van der Waals surface area contributed by atoms with Gasteiger partial charge in [-0.25, -0.2) is 5.43 Å². The van der Waals surface area contributed by atoms with E-state index in [-0.39, 0.29) is 6.17 Å². The lowest BCUT2D eigenvalue weighted by molar-refractivity contribution is 0.487. The van der Waals surface area contributed by atoms with Crippen LogP contribution in [0.4, 0.5) is 0 Å². The van der Waals surface area contributed by atoms with Crippen LogP contribution in [0.1, 0.15) is 11.7 Å². The zero-order chi connectivity index (χ0) is 27.3. The van der Waals surface area contributed by atoms with Crippen molar-refractivity contribution in [3.8, 4) is 5.69 Å². The second kappa shape index (κ2) is 9.52. The number of nitrogens with zero attached hydrogens (tertiary/aromatic N) is 2. The maximum atomic E-state index is 3.78. The first-order chi connectivity index (χ1) is 20.3. The monoisotopic (exact) mass is 531 g/mol. The normalized spacial score (nSPS) is 12.6. The van der Waals surface area contributed by atoms with Gasteiger partial charge < -0.3 is 9.99 Å². The van der Waals surface area contributed by atoms with Crippen molar-refractivity contribution in [1.29, 1.82) is 0 Å². The van der Waals surface area contributed by atoms with Gasteiger partial charge in [-0.05, 0) is 59.8 Å². The standard InChI is InChI=1S/C36H29N5/c1-37-38-36(25-13-4-2-5-14-25)39-41-31-19-11-10-18-28(31)29-22-30-33(23-34(29)41)40(26-15-6-3-7-16-26)32-21-20-24-12-8-9-17-27(24)35(30)32/h2-23,36-39H,1H3. The third-order valence-electron chi connectivity index (χ3n) is 8.14. The number of fused-ring (bicyclic) bond motifs is 8. The van der Waals surface area contributed by atoms with Crippen molar-refractivity contribution in [1.82, 2.24) is 20.1 Å². The summed E-state index contributed by atoms with van der Waals surface area (Å²) in [5.41, 5.74) is 17.3. The molecule has 1 atom stereocenters. The van der Waals surface area contributed by atoms with E-state index in [1.165, 1.54) is 43.4 Å². The highest BCUT2D eigenvalue weighted by molar-refractivity contribution is 6.25. The molecule has 0 radical (unpaired) electrons. The third-order valence-corrected chi connectivity index (χ3v) is 8.14. The highest BCUT2D eigenvalue weighted by Crippen LogP contribution is 2.40. The first-order valence-electron chi connectivity index (χ1n) is 14.0. The molecule has 8 aromatic rings. The van der Waals surface area contributed by atoms with Crippen molar-refractivity contribution in [2.45, 2.75) is 6.17 Å². The minimum atomic E-state index is -0.153. The summed E-state index contributed by atoms with van der Waals surface area (Å²) in [7, 11) is 1.90. The second-order valence-electron chi connectivity index (χ2n) is 10.5. The van der Waals surface area contributed by atoms with Gasteiger partial charge in [-0.15, -0.1) is 0 Å². The maximum Gasteiger partial charge on any atom is 0.130 e. The number of rotatable bonds is 6. The van der Waals surface area contributed by atoms with E-state index in [0.717, 1.165) is 22.3 Å². The van der Waals surface area contributed by atoms with Gasteiger partial charge in [0.1, 0.15) is 6.17 Å². The van der Waals surface area contributed by atoms with Crippen LogP contribution in [0, 0.1) is 0 Å². The van der Waals surface area contributed by atoms with E-state index in [4.69, 9.17) is 0 Å². The van der Waals surface area contributed by atoms with Crippen molar-refractivity contribution in [2.75, 3.05) is 12.5 Å². The minimum absolute atomic E-state index is 0.153. The molecule has 0 aliphatic heterocycles. The van der Waals surface area contributed by atoms with Crippen LogP contribution < -0.4 is 16.3 Å². The first-order valence-corrected chi connectivity index (χ1v) is 14.0. The fraction of sp³-hybridized carbons (Fsp3) is 0.0556. The number of hydrogen-bond acceptors (Lipinski definition) is 3. The number of aromatic nitrogens is 2. The van der Waals surface area contributed by atoms with Gasteiger partial charge in [0.25, 0.3) is 0 Å². The van der Waals surface area contributed by atoms with Gasteiger partial charge >= 0.3 is 0 Å². The Hall–Kier alpha value is -5.10. The fourth-order valence-corrected chi connectivity index (χ4v) is 6.35. The van der Waals surface area contributed by atoms with Gasteiger partial charge in [0.05, 0.1) is 22.1 Å². The van der Waals surface area contributed by atoms with Crippen molar-refractivity contribution in [3.63, 3.8) is 0 Å². The van der Waals surface area contributed by atoms with Crippen LogP contribution in [0.3, 0.4) is 0 Å². The van der Waals surface area contributed by atoms with Crippen molar-refractivity contribution in [3.05, 3.63) is 139 Å². The van der Waals surface area contributed by atoms with Gasteiger partial charge in [-0.1, -0.05) is 97.1 Å². The Balaban J connectivity index is 1.48. The summed E-state index contributed by atoms with van der Waals surface area (Å²) in [6.45, 7) is 0. The van der Waals surface area contributed by atoms with E-state index in [2.05, 4.69) is 153 Å². The molecule has 198 valence electrons. The highest BCUT2D eigenvalue weighted by Gasteiger charge is 2.20. The van der Waals surface area contributed by atoms with Crippen LogP contribution in [-0.4, -0.2) is 16.3 Å². The zero-order valence-corrected chi connectivity index (χ0v) is 22.7. The zero-order valence-electron chi connectivity index (χ0n) is 22.7. The predicted molar refractivity (Wildman–Crippen MR) is 172 cm³/mol. The molecule has 2 heterocycles. The lowest BCUT2D eigenvalue weighted by Gasteiger charge is -2.23. The molecule has 0 aliphatic rings. The maximum absolute atomic E-state index is 3.78. The number of hydrazine groups is 1. The molecule has 1 unspecified atom stereocenters. The number of hydrogen-bond donors (Lipinski definition) is 3. The lowest BCUT2D eigenvalue weighted by atomic mass is 10.0. The van der Waals surface area contributed by atoms with Gasteiger partial charge in [0.15, 0.2) is 0 Å². The Kier molecular flexibility index (Phi) is 5.52. The van der Waals surface area contributed by atoms with Crippen LogP contribution in [0.15, 0.2) is 133 Å². The molecule has 5 heteroatoms. The summed E-state index contributed by atoms with van der Waals surface area (Å²) in [6, 6.07) is 47.7. The Morgan fingerprint density at radius 2 is 1.24 bits per heavy atom. The fourth-order valence-electron chi connectivity index (χ4n) is 6.35. The van der Waals surface area contributed by atoms with Crippen LogP contribution in [-0.2, 0) is 0 Å². The Bertz CT molecular complexity index is 2190. The van der Waals surface area contributed by atoms with E-state index < -0.39 is 0 Å². The molecule has 0 spiro atoms. The smallest absolute Gasteiger partial charge is 0.130 e. The summed E-state index contributed by atoms with van der Waals surface area (Å²) in [6.07, 6.45) is -0.153. The van der Waals surface area contributed by atoms with E-state index in [1.54, 1.807) is 0 Å². The molecule has 0 amide bonds. The SMILES string of the molecule is CNNC(Nn1c2ccccc2c2cc3c4c5ccccc5ccc4n(-c4ccccc4)c3cc21)c1ccccc1. The Morgan fingerprint density at radius 1 is 0.537 bits per heavy atom. The molecule has 6 aromatic carbocycles. The average molecular weight is 532 g/mol. The molecule has 0 saturated carbocycles. The number of para-hydroxylation sites is 2. The van der Waals surface area contributed by atoms with E-state index in [1.807, 2.05) is 13.1 Å². The molecule has 0 saturated heterocycles. The predicted octanol–water partition coefficient (Wildman–Crippen LogP) is 8.01. The first kappa shape index (κ1) is 23.8. The quantitative estimate of drug-likeness (QED) is 0.150. The lowest BCUT2D eigenvalue weighted by Crippen LogP contribution is -2.39. The van der Waals surface area contributed by atoms with E-state index in [9.17, 15) is 0 Å². The van der Waals surface area contributed by atoms with Crippen LogP contribution in [0.2, 0.25) is 0 Å². The number of nitrogens with one attached hydrogen (secondary N) is 3. The molecule has 0 fully saturated rings. The molecular formula is C36H29N5. The largest absolute Gasteiger partial charge is 0.309 e. The molecule has 0 bridgehead atoms. The summed E-state index contributed by atoms with van der Waals surface area (Å²) in [5.74, 6) is 0. The molecule has 5 nitrogen and oxygen atoms in total. The Labute approximate surface area is 237 Å². The van der Waals surface area contributed by atoms with E-state index in [0.29, 0.717) is 0 Å². The Morgan fingerprint density at radius 3 is 2.05 bits per heavy atom. The minimum Gasteiger partial charge on any atom is -0.309 e. The summed E-state index contributed by atoms with van der Waals surface area (Å²) in [4.78, 5) is 0. The average Bonchev–Trinajstić information content (AvgIpc) is 3.52. The summed E-state index contributed by atoms with van der Waals surface area (Å²) in [5, 5.41) is 7.50. The van der Waals surface area contributed by atoms with Crippen molar-refractivity contribution in [2.24, 2.45) is 0 Å². The number of benzene rings is 6. The molecule has 0 aliphatic carbocycles. The van der Waals surface area contributed by atoms with Crippen LogP contribution >= 0.6 is 0 Å². The molecule has 41 heavy (non-hydrogen) atoms. The highest BCUT2D eigenvalue weighted by atomic mass is 15.5. The summed E-state index contributed by atoms with van der Waals surface area (Å²) >= 11 is 0. The van der Waals surface area contributed by atoms with Crippen LogP contribution in [0.25, 0.3) is 60.1 Å². The topological polar surface area (TPSA) is 45.9 Å². The van der Waals surface area contributed by atoms with Gasteiger partial charge in [-0.3, -0.25) is 10.1 Å². The third kappa shape index (κ3) is 3.71. The summed E-state index contributed by atoms with van der Waals surface area (Å²) < 4.78 is 4.64. The van der Waals surface area contributed by atoms with Crippen LogP contribution in [0.5, 0.6) is 0 Å². The molecule has 3 N–H and O–H groups in total. The van der Waals surface area contributed by atoms with Gasteiger partial charge in [0, 0.05) is 27.2 Å². The second-order valence-corrected chi connectivity index (χ2v) is 10.5. The van der Waals surface area contributed by atoms with Gasteiger partial charge in [-0.2, -0.15) is 0 Å². The van der Waals surface area contributed by atoms with E-state index >= 15 is 0 Å². The molecule has 8 rings (SSSR count). The van der Waals surface area contributed by atoms with Crippen molar-refractivity contribution < 1.29 is 0 Å². The van der Waals surface area contributed by atoms with Gasteiger partial charge in [0.2, 0.25) is 0 Å². The molecule has 2 aromatic heterocycles. The molecular weight excluding hydrogens is 502 g/mol. The van der Waals surface area contributed by atoms with Crippen molar-refractivity contribution >= 4 is 54.4 Å².